The summed E-state index contributed by atoms with van der Waals surface area (Å²) in [6.07, 6.45) is 3.06. The third-order valence-corrected chi connectivity index (χ3v) is 3.47. The maximum absolute atomic E-state index is 12.1. The molecule has 0 radical (unpaired) electrons. The van der Waals surface area contributed by atoms with Crippen LogP contribution < -0.4 is 15.5 Å². The molecule has 0 spiro atoms. The summed E-state index contributed by atoms with van der Waals surface area (Å²) in [5.41, 5.74) is 1.50. The number of aryl methyl sites for hydroxylation is 1. The zero-order valence-electron chi connectivity index (χ0n) is 14.8. The molecule has 8 heteroatoms. The van der Waals surface area contributed by atoms with E-state index in [1.54, 1.807) is 18.2 Å². The van der Waals surface area contributed by atoms with Gasteiger partial charge in [0.05, 0.1) is 0 Å². The summed E-state index contributed by atoms with van der Waals surface area (Å²) in [5, 5.41) is 6.00. The van der Waals surface area contributed by atoms with Gasteiger partial charge in [0.15, 0.2) is 0 Å². The van der Waals surface area contributed by atoms with Crippen LogP contribution in [0.2, 0.25) is 0 Å². The van der Waals surface area contributed by atoms with Gasteiger partial charge in [0.1, 0.15) is 17.5 Å². The Kier molecular flexibility index (Phi) is 5.02. The van der Waals surface area contributed by atoms with Crippen LogP contribution in [0.3, 0.4) is 0 Å². The first-order valence-corrected chi connectivity index (χ1v) is 8.00. The summed E-state index contributed by atoms with van der Waals surface area (Å²) in [6.45, 7) is 1.85. The minimum absolute atomic E-state index is 0.127. The number of carbonyl (C=O) groups is 1. The van der Waals surface area contributed by atoms with Crippen molar-refractivity contribution in [2.24, 2.45) is 0 Å². The SMILES string of the molecule is Cc1nc(Nc2ccc(NC(=O)c3ncccn3)cc2)cc(N(C)C)n1. The molecule has 0 saturated carbocycles. The summed E-state index contributed by atoms with van der Waals surface area (Å²) in [5.74, 6) is 1.99. The fourth-order valence-corrected chi connectivity index (χ4v) is 2.23. The fourth-order valence-electron chi connectivity index (χ4n) is 2.23. The van der Waals surface area contributed by atoms with Crippen LogP contribution >= 0.6 is 0 Å². The standard InChI is InChI=1S/C18H19N7O/c1-12-21-15(11-16(22-12)25(2)3)23-13-5-7-14(8-6-13)24-18(26)17-19-9-4-10-20-17/h4-11H,1-3H3,(H,24,26)(H,21,22,23). The Balaban J connectivity index is 1.69. The number of nitrogens with zero attached hydrogens (tertiary/aromatic N) is 5. The van der Waals surface area contributed by atoms with Crippen molar-refractivity contribution < 1.29 is 4.79 Å². The number of hydrogen-bond acceptors (Lipinski definition) is 7. The molecular formula is C18H19N7O. The normalized spacial score (nSPS) is 10.3. The maximum atomic E-state index is 12.1. The van der Waals surface area contributed by atoms with Gasteiger partial charge in [-0.3, -0.25) is 4.79 Å². The molecule has 26 heavy (non-hydrogen) atoms. The summed E-state index contributed by atoms with van der Waals surface area (Å²) < 4.78 is 0. The molecule has 0 saturated heterocycles. The van der Waals surface area contributed by atoms with Gasteiger partial charge in [-0.25, -0.2) is 19.9 Å². The number of anilines is 4. The van der Waals surface area contributed by atoms with Gasteiger partial charge in [0, 0.05) is 43.9 Å². The lowest BCUT2D eigenvalue weighted by atomic mass is 10.2. The molecule has 132 valence electrons. The molecular weight excluding hydrogens is 330 g/mol. The van der Waals surface area contributed by atoms with Crippen molar-refractivity contribution in [3.8, 4) is 0 Å². The van der Waals surface area contributed by atoms with Crippen LogP contribution in [0, 0.1) is 6.92 Å². The monoisotopic (exact) mass is 349 g/mol. The lowest BCUT2D eigenvalue weighted by Gasteiger charge is -2.14. The summed E-state index contributed by atoms with van der Waals surface area (Å²) in [4.78, 5) is 30.6. The molecule has 0 atom stereocenters. The zero-order chi connectivity index (χ0) is 18.5. The van der Waals surface area contributed by atoms with Gasteiger partial charge < -0.3 is 15.5 Å². The number of carbonyl (C=O) groups excluding carboxylic acids is 1. The molecule has 8 nitrogen and oxygen atoms in total. The highest BCUT2D eigenvalue weighted by atomic mass is 16.2. The molecule has 2 N–H and O–H groups in total. The van der Waals surface area contributed by atoms with Crippen molar-refractivity contribution in [1.82, 2.24) is 19.9 Å². The average molecular weight is 349 g/mol. The Bertz CT molecular complexity index is 895. The third kappa shape index (κ3) is 4.29. The Morgan fingerprint density at radius 2 is 1.65 bits per heavy atom. The molecule has 1 amide bonds. The van der Waals surface area contributed by atoms with E-state index in [-0.39, 0.29) is 11.7 Å². The van der Waals surface area contributed by atoms with E-state index in [2.05, 4.69) is 30.6 Å². The smallest absolute Gasteiger partial charge is 0.293 e. The molecule has 2 heterocycles. The van der Waals surface area contributed by atoms with E-state index < -0.39 is 0 Å². The van der Waals surface area contributed by atoms with Crippen molar-refractivity contribution in [2.45, 2.75) is 6.92 Å². The second kappa shape index (κ2) is 7.56. The van der Waals surface area contributed by atoms with Gasteiger partial charge in [-0.2, -0.15) is 0 Å². The largest absolute Gasteiger partial charge is 0.363 e. The van der Waals surface area contributed by atoms with Gasteiger partial charge in [0.2, 0.25) is 5.82 Å². The molecule has 0 fully saturated rings. The van der Waals surface area contributed by atoms with Crippen molar-refractivity contribution >= 4 is 28.9 Å². The highest BCUT2D eigenvalue weighted by Crippen LogP contribution is 2.20. The van der Waals surface area contributed by atoms with Gasteiger partial charge in [-0.1, -0.05) is 0 Å². The maximum Gasteiger partial charge on any atom is 0.293 e. The minimum Gasteiger partial charge on any atom is -0.363 e. The van der Waals surface area contributed by atoms with E-state index in [0.29, 0.717) is 17.3 Å². The van der Waals surface area contributed by atoms with Gasteiger partial charge in [-0.15, -0.1) is 0 Å². The van der Waals surface area contributed by atoms with Gasteiger partial charge in [-0.05, 0) is 37.3 Å². The summed E-state index contributed by atoms with van der Waals surface area (Å²) >= 11 is 0. The lowest BCUT2D eigenvalue weighted by molar-refractivity contribution is 0.101. The molecule has 2 aromatic heterocycles. The number of benzene rings is 1. The quantitative estimate of drug-likeness (QED) is 0.731. The van der Waals surface area contributed by atoms with E-state index in [0.717, 1.165) is 11.5 Å². The first kappa shape index (κ1) is 17.3. The second-order valence-corrected chi connectivity index (χ2v) is 5.78. The first-order valence-electron chi connectivity index (χ1n) is 8.00. The topological polar surface area (TPSA) is 95.9 Å². The Hall–Kier alpha value is -3.55. The van der Waals surface area contributed by atoms with E-state index in [1.165, 1.54) is 12.4 Å². The number of amides is 1. The second-order valence-electron chi connectivity index (χ2n) is 5.78. The molecule has 0 bridgehead atoms. The summed E-state index contributed by atoms with van der Waals surface area (Å²) in [6, 6.07) is 10.8. The first-order chi connectivity index (χ1) is 12.5. The van der Waals surface area contributed by atoms with Crippen molar-refractivity contribution in [3.63, 3.8) is 0 Å². The van der Waals surface area contributed by atoms with Gasteiger partial charge >= 0.3 is 0 Å². The predicted octanol–water partition coefficient (Wildman–Crippen LogP) is 2.64. The van der Waals surface area contributed by atoms with Crippen molar-refractivity contribution in [2.75, 3.05) is 29.6 Å². The number of rotatable bonds is 5. The molecule has 3 rings (SSSR count). The molecule has 0 unspecified atom stereocenters. The van der Waals surface area contributed by atoms with Crippen molar-refractivity contribution in [3.05, 3.63) is 60.4 Å². The number of nitrogens with one attached hydrogen (secondary N) is 2. The highest BCUT2D eigenvalue weighted by Gasteiger charge is 2.08. The molecule has 0 aliphatic carbocycles. The van der Waals surface area contributed by atoms with Crippen LogP contribution in [0.15, 0.2) is 48.8 Å². The van der Waals surface area contributed by atoms with Crippen LogP contribution in [-0.2, 0) is 0 Å². The van der Waals surface area contributed by atoms with Crippen LogP contribution in [-0.4, -0.2) is 39.9 Å². The third-order valence-electron chi connectivity index (χ3n) is 3.47. The van der Waals surface area contributed by atoms with Crippen LogP contribution in [0.5, 0.6) is 0 Å². The molecule has 0 aliphatic rings. The van der Waals surface area contributed by atoms with Crippen molar-refractivity contribution in [1.29, 1.82) is 0 Å². The molecule has 1 aromatic carbocycles. The Morgan fingerprint density at radius 1 is 1.00 bits per heavy atom. The van der Waals surface area contributed by atoms with Crippen LogP contribution in [0.25, 0.3) is 0 Å². The lowest BCUT2D eigenvalue weighted by Crippen LogP contribution is -2.15. The Labute approximate surface area is 151 Å². The van der Waals surface area contributed by atoms with E-state index in [9.17, 15) is 4.79 Å². The van der Waals surface area contributed by atoms with E-state index >= 15 is 0 Å². The van der Waals surface area contributed by atoms with Crippen LogP contribution in [0.1, 0.15) is 16.4 Å². The fraction of sp³-hybridized carbons (Fsp3) is 0.167. The number of aromatic nitrogens is 4. The molecule has 3 aromatic rings. The average Bonchev–Trinajstić information content (AvgIpc) is 2.63. The van der Waals surface area contributed by atoms with E-state index in [4.69, 9.17) is 0 Å². The zero-order valence-corrected chi connectivity index (χ0v) is 14.8. The minimum atomic E-state index is -0.353. The molecule has 0 aliphatic heterocycles. The predicted molar refractivity (Wildman–Crippen MR) is 101 cm³/mol. The number of hydrogen-bond donors (Lipinski definition) is 2. The Morgan fingerprint density at radius 3 is 2.31 bits per heavy atom. The van der Waals surface area contributed by atoms with Gasteiger partial charge in [0.25, 0.3) is 5.91 Å². The van der Waals surface area contributed by atoms with E-state index in [1.807, 2.05) is 44.1 Å². The van der Waals surface area contributed by atoms with Crippen LogP contribution in [0.4, 0.5) is 23.0 Å². The summed E-state index contributed by atoms with van der Waals surface area (Å²) in [7, 11) is 3.86. The highest BCUT2D eigenvalue weighted by molar-refractivity contribution is 6.01.